The second-order valence-corrected chi connectivity index (χ2v) is 7.35. The van der Waals surface area contributed by atoms with Crippen LogP contribution >= 0.6 is 0 Å². The average molecular weight is 255 g/mol. The fraction of sp³-hybridized carbons (Fsp3) is 0.667. The maximum Gasteiger partial charge on any atom is 0.0297 e. The summed E-state index contributed by atoms with van der Waals surface area (Å²) in [4.78, 5) is 0. The Labute approximate surface area is 116 Å². The molecule has 0 radical (unpaired) electrons. The van der Waals surface area contributed by atoms with Crippen molar-refractivity contribution in [2.75, 3.05) is 0 Å². The molecule has 1 heteroatoms. The van der Waals surface area contributed by atoms with Gasteiger partial charge < -0.3 is 5.73 Å². The van der Waals surface area contributed by atoms with Gasteiger partial charge >= 0.3 is 0 Å². The minimum absolute atomic E-state index is 0.253. The summed E-state index contributed by atoms with van der Waals surface area (Å²) in [6.07, 6.45) is 8.82. The normalized spacial score (nSPS) is 41.4. The monoisotopic (exact) mass is 255 g/mol. The molecule has 2 N–H and O–H groups in total. The van der Waals surface area contributed by atoms with E-state index in [4.69, 9.17) is 5.73 Å². The Morgan fingerprint density at radius 1 is 0.895 bits per heavy atom. The van der Waals surface area contributed by atoms with Crippen LogP contribution in [0.4, 0.5) is 0 Å². The fourth-order valence-electron chi connectivity index (χ4n) is 5.55. The van der Waals surface area contributed by atoms with Gasteiger partial charge in [-0.2, -0.15) is 0 Å². The van der Waals surface area contributed by atoms with Gasteiger partial charge in [0.2, 0.25) is 0 Å². The first-order valence-electron chi connectivity index (χ1n) is 8.10. The third-order valence-corrected chi connectivity index (χ3v) is 6.18. The lowest BCUT2D eigenvalue weighted by Crippen LogP contribution is -2.45. The summed E-state index contributed by atoms with van der Waals surface area (Å²) >= 11 is 0. The molecule has 4 saturated carbocycles. The standard InChI is InChI=1S/C18H25N/c19-18(14-4-2-1-3-5-14)11-17-15-7-12-6-13(9-15)10-16(17)8-12/h1-5,12-13,15-18H,6-11,19H2. The van der Waals surface area contributed by atoms with Crippen LogP contribution in [0.1, 0.15) is 50.1 Å². The highest BCUT2D eigenvalue weighted by atomic mass is 14.6. The molecule has 0 heterocycles. The van der Waals surface area contributed by atoms with Gasteiger partial charge in [0.05, 0.1) is 0 Å². The highest BCUT2D eigenvalue weighted by Gasteiger charge is 2.48. The maximum atomic E-state index is 6.47. The van der Waals surface area contributed by atoms with Gasteiger partial charge in [-0.15, -0.1) is 0 Å². The van der Waals surface area contributed by atoms with Crippen LogP contribution in [0.25, 0.3) is 0 Å². The zero-order valence-electron chi connectivity index (χ0n) is 11.7. The first-order valence-corrected chi connectivity index (χ1v) is 8.10. The predicted octanol–water partition coefficient (Wildman–Crippen LogP) is 4.15. The molecular weight excluding hydrogens is 230 g/mol. The van der Waals surface area contributed by atoms with Gasteiger partial charge in [0, 0.05) is 6.04 Å². The van der Waals surface area contributed by atoms with Crippen LogP contribution in [-0.2, 0) is 0 Å². The highest BCUT2D eigenvalue weighted by Crippen LogP contribution is 2.58. The van der Waals surface area contributed by atoms with Crippen molar-refractivity contribution in [1.82, 2.24) is 0 Å². The summed E-state index contributed by atoms with van der Waals surface area (Å²) in [6.45, 7) is 0. The van der Waals surface area contributed by atoms with Crippen LogP contribution < -0.4 is 5.73 Å². The molecule has 0 amide bonds. The smallest absolute Gasteiger partial charge is 0.0297 e. The minimum Gasteiger partial charge on any atom is -0.324 e. The quantitative estimate of drug-likeness (QED) is 0.862. The molecule has 5 rings (SSSR count). The van der Waals surface area contributed by atoms with E-state index in [-0.39, 0.29) is 6.04 Å². The Balaban J connectivity index is 1.48. The van der Waals surface area contributed by atoms with E-state index in [2.05, 4.69) is 30.3 Å². The minimum atomic E-state index is 0.253. The van der Waals surface area contributed by atoms with Crippen LogP contribution in [0.15, 0.2) is 30.3 Å². The Morgan fingerprint density at radius 2 is 1.47 bits per heavy atom. The van der Waals surface area contributed by atoms with E-state index in [1.807, 2.05) is 0 Å². The molecule has 1 aromatic rings. The average Bonchev–Trinajstić information content (AvgIpc) is 2.43. The van der Waals surface area contributed by atoms with Crippen molar-refractivity contribution in [3.05, 3.63) is 35.9 Å². The van der Waals surface area contributed by atoms with Crippen molar-refractivity contribution in [3.63, 3.8) is 0 Å². The molecule has 102 valence electrons. The molecule has 1 aromatic carbocycles. The van der Waals surface area contributed by atoms with Gasteiger partial charge in [0.25, 0.3) is 0 Å². The lowest BCUT2D eigenvalue weighted by Gasteiger charge is -2.55. The molecule has 4 fully saturated rings. The summed E-state index contributed by atoms with van der Waals surface area (Å²) in [6, 6.07) is 11.0. The molecule has 0 aliphatic heterocycles. The van der Waals surface area contributed by atoms with E-state index >= 15 is 0 Å². The van der Waals surface area contributed by atoms with E-state index in [0.717, 1.165) is 29.6 Å². The number of nitrogens with two attached hydrogens (primary N) is 1. The first kappa shape index (κ1) is 12.0. The van der Waals surface area contributed by atoms with Crippen LogP contribution in [-0.4, -0.2) is 0 Å². The van der Waals surface area contributed by atoms with Gasteiger partial charge in [-0.05, 0) is 73.7 Å². The second kappa shape index (κ2) is 4.63. The summed E-state index contributed by atoms with van der Waals surface area (Å²) in [7, 11) is 0. The van der Waals surface area contributed by atoms with Crippen molar-refractivity contribution >= 4 is 0 Å². The van der Waals surface area contributed by atoms with Gasteiger partial charge in [-0.3, -0.25) is 0 Å². The van der Waals surface area contributed by atoms with E-state index in [0.29, 0.717) is 0 Å². The lowest BCUT2D eigenvalue weighted by atomic mass is 9.51. The number of hydrogen-bond donors (Lipinski definition) is 1. The zero-order chi connectivity index (χ0) is 12.8. The van der Waals surface area contributed by atoms with Gasteiger partial charge in [-0.1, -0.05) is 30.3 Å². The maximum absolute atomic E-state index is 6.47. The van der Waals surface area contributed by atoms with Crippen molar-refractivity contribution < 1.29 is 0 Å². The Hall–Kier alpha value is -0.820. The molecule has 4 aliphatic carbocycles. The molecule has 19 heavy (non-hydrogen) atoms. The SMILES string of the molecule is NC(CC1C2CC3CC(C2)CC1C3)c1ccccc1. The summed E-state index contributed by atoms with van der Waals surface area (Å²) in [5.74, 6) is 5.08. The third-order valence-electron chi connectivity index (χ3n) is 6.18. The van der Waals surface area contributed by atoms with Crippen molar-refractivity contribution in [1.29, 1.82) is 0 Å². The molecule has 4 bridgehead atoms. The van der Waals surface area contributed by atoms with Crippen molar-refractivity contribution in [2.24, 2.45) is 35.3 Å². The number of benzene rings is 1. The van der Waals surface area contributed by atoms with Gasteiger partial charge in [0.15, 0.2) is 0 Å². The molecule has 0 aromatic heterocycles. The third kappa shape index (κ3) is 2.12. The fourth-order valence-corrected chi connectivity index (χ4v) is 5.55. The van der Waals surface area contributed by atoms with Crippen LogP contribution in [0.5, 0.6) is 0 Å². The molecule has 4 aliphatic rings. The Morgan fingerprint density at radius 3 is 2.05 bits per heavy atom. The van der Waals surface area contributed by atoms with E-state index in [1.54, 1.807) is 6.42 Å². The van der Waals surface area contributed by atoms with Crippen molar-refractivity contribution in [3.8, 4) is 0 Å². The summed E-state index contributed by atoms with van der Waals surface area (Å²) in [5.41, 5.74) is 7.80. The second-order valence-electron chi connectivity index (χ2n) is 7.35. The van der Waals surface area contributed by atoms with Gasteiger partial charge in [0.1, 0.15) is 0 Å². The van der Waals surface area contributed by atoms with E-state index in [9.17, 15) is 0 Å². The zero-order valence-corrected chi connectivity index (χ0v) is 11.7. The van der Waals surface area contributed by atoms with Gasteiger partial charge in [-0.25, -0.2) is 0 Å². The number of hydrogen-bond acceptors (Lipinski definition) is 1. The molecular formula is C18H25N. The van der Waals surface area contributed by atoms with Crippen LogP contribution in [0.2, 0.25) is 0 Å². The lowest BCUT2D eigenvalue weighted by molar-refractivity contribution is -0.0420. The first-order chi connectivity index (χ1) is 9.29. The number of rotatable bonds is 3. The van der Waals surface area contributed by atoms with Crippen LogP contribution in [0, 0.1) is 29.6 Å². The topological polar surface area (TPSA) is 26.0 Å². The molecule has 1 atom stereocenters. The van der Waals surface area contributed by atoms with Crippen molar-refractivity contribution in [2.45, 2.75) is 44.6 Å². The Kier molecular flexibility index (Phi) is 2.91. The van der Waals surface area contributed by atoms with E-state index < -0.39 is 0 Å². The highest BCUT2D eigenvalue weighted by molar-refractivity contribution is 5.18. The summed E-state index contributed by atoms with van der Waals surface area (Å²) in [5, 5.41) is 0. The molecule has 0 saturated heterocycles. The summed E-state index contributed by atoms with van der Waals surface area (Å²) < 4.78 is 0. The molecule has 1 unspecified atom stereocenters. The molecule has 1 nitrogen and oxygen atoms in total. The Bertz CT molecular complexity index is 410. The van der Waals surface area contributed by atoms with E-state index in [1.165, 1.54) is 37.7 Å². The predicted molar refractivity (Wildman–Crippen MR) is 78.5 cm³/mol. The molecule has 0 spiro atoms. The van der Waals surface area contributed by atoms with Crippen LogP contribution in [0.3, 0.4) is 0 Å². The largest absolute Gasteiger partial charge is 0.324 e.